The number of thiazole rings is 1. The monoisotopic (exact) mass is 289 g/mol. The Morgan fingerprint density at radius 1 is 1.50 bits per heavy atom. The van der Waals surface area contributed by atoms with E-state index in [2.05, 4.69) is 40.7 Å². The van der Waals surface area contributed by atoms with Crippen molar-refractivity contribution in [3.63, 3.8) is 0 Å². The lowest BCUT2D eigenvalue weighted by atomic mass is 10.1. The van der Waals surface area contributed by atoms with Crippen molar-refractivity contribution in [1.82, 2.24) is 10.3 Å². The smallest absolute Gasteiger partial charge is 0.146 e. The molecule has 0 fully saturated rings. The average molecular weight is 289 g/mol. The second-order valence-electron chi connectivity index (χ2n) is 4.97. The molecule has 0 radical (unpaired) electrons. The zero-order valence-corrected chi connectivity index (χ0v) is 12.4. The predicted molar refractivity (Wildman–Crippen MR) is 82.7 cm³/mol. The second-order valence-corrected chi connectivity index (χ2v) is 5.90. The lowest BCUT2D eigenvalue weighted by Crippen LogP contribution is -2.23. The molecule has 1 atom stereocenters. The highest BCUT2D eigenvalue weighted by Crippen LogP contribution is 2.31. The number of hydrogen-bond donors (Lipinski definition) is 2. The highest BCUT2D eigenvalue weighted by Gasteiger charge is 2.14. The number of fused-ring (bicyclic) bond motifs is 1. The Bertz CT molecular complexity index is 556. The summed E-state index contributed by atoms with van der Waals surface area (Å²) in [6, 6.07) is 6.25. The van der Waals surface area contributed by atoms with E-state index in [9.17, 15) is 0 Å². The van der Waals surface area contributed by atoms with Gasteiger partial charge in [-0.3, -0.25) is 0 Å². The Labute approximate surface area is 123 Å². The van der Waals surface area contributed by atoms with Crippen molar-refractivity contribution in [2.45, 2.75) is 19.4 Å². The van der Waals surface area contributed by atoms with Gasteiger partial charge in [-0.05, 0) is 6.07 Å². The molecular formula is C15H19N3OS. The molecule has 0 spiro atoms. The summed E-state index contributed by atoms with van der Waals surface area (Å²) in [5.74, 6) is 1.43. The third kappa shape index (κ3) is 2.94. The Hall–Kier alpha value is -1.59. The van der Waals surface area contributed by atoms with Gasteiger partial charge in [0.05, 0.1) is 10.7 Å². The molecule has 1 aliphatic heterocycles. The van der Waals surface area contributed by atoms with Gasteiger partial charge < -0.3 is 15.4 Å². The van der Waals surface area contributed by atoms with Crippen LogP contribution in [0.2, 0.25) is 0 Å². The molecule has 2 heterocycles. The molecule has 1 unspecified atom stereocenters. The van der Waals surface area contributed by atoms with E-state index >= 15 is 0 Å². The molecule has 1 aromatic heterocycles. The molecular weight excluding hydrogens is 270 g/mol. The van der Waals surface area contributed by atoms with Crippen LogP contribution in [0.5, 0.6) is 5.75 Å². The molecule has 20 heavy (non-hydrogen) atoms. The Kier molecular flexibility index (Phi) is 4.18. The van der Waals surface area contributed by atoms with Crippen molar-refractivity contribution in [3.05, 3.63) is 40.3 Å². The quantitative estimate of drug-likeness (QED) is 0.888. The number of nitrogens with zero attached hydrogens (tertiary/aromatic N) is 1. The van der Waals surface area contributed by atoms with Gasteiger partial charge in [0.15, 0.2) is 0 Å². The van der Waals surface area contributed by atoms with Crippen LogP contribution >= 0.6 is 11.3 Å². The predicted octanol–water partition coefficient (Wildman–Crippen LogP) is 2.84. The zero-order valence-electron chi connectivity index (χ0n) is 11.6. The van der Waals surface area contributed by atoms with Crippen molar-refractivity contribution < 1.29 is 4.74 Å². The minimum Gasteiger partial charge on any atom is -0.489 e. The van der Waals surface area contributed by atoms with Crippen LogP contribution in [0.25, 0.3) is 0 Å². The van der Waals surface area contributed by atoms with Crippen LogP contribution < -0.4 is 15.4 Å². The number of ether oxygens (including phenoxy) is 1. The number of para-hydroxylation sites is 1. The molecule has 0 bridgehead atoms. The van der Waals surface area contributed by atoms with Gasteiger partial charge in [0.1, 0.15) is 12.4 Å². The standard InChI is InChI=1S/C15H19N3OS/c1-11(15-18-6-8-20-15)9-16-10-12-3-2-4-13-14(12)19-7-5-17-13/h2-4,6,8,11,16-17H,5,7,9-10H2,1H3. The van der Waals surface area contributed by atoms with Gasteiger partial charge >= 0.3 is 0 Å². The minimum absolute atomic E-state index is 0.439. The van der Waals surface area contributed by atoms with Gasteiger partial charge in [-0.1, -0.05) is 19.1 Å². The van der Waals surface area contributed by atoms with E-state index in [1.54, 1.807) is 11.3 Å². The molecule has 5 heteroatoms. The van der Waals surface area contributed by atoms with E-state index in [4.69, 9.17) is 4.74 Å². The molecule has 2 aromatic rings. The first kappa shape index (κ1) is 13.4. The van der Waals surface area contributed by atoms with Crippen LogP contribution in [-0.2, 0) is 6.54 Å². The summed E-state index contributed by atoms with van der Waals surface area (Å²) in [5.41, 5.74) is 2.31. The number of rotatable bonds is 5. The van der Waals surface area contributed by atoms with E-state index in [0.717, 1.165) is 37.7 Å². The number of aromatic nitrogens is 1. The van der Waals surface area contributed by atoms with E-state index in [1.807, 2.05) is 11.6 Å². The SMILES string of the molecule is CC(CNCc1cccc2c1OCCN2)c1nccs1. The fraction of sp³-hybridized carbons (Fsp3) is 0.400. The van der Waals surface area contributed by atoms with E-state index in [0.29, 0.717) is 5.92 Å². The number of benzene rings is 1. The highest BCUT2D eigenvalue weighted by molar-refractivity contribution is 7.09. The molecule has 4 nitrogen and oxygen atoms in total. The third-order valence-corrected chi connectivity index (χ3v) is 4.41. The van der Waals surface area contributed by atoms with Crippen molar-refractivity contribution >= 4 is 17.0 Å². The van der Waals surface area contributed by atoms with Gasteiger partial charge in [-0.2, -0.15) is 0 Å². The van der Waals surface area contributed by atoms with E-state index in [1.165, 1.54) is 10.6 Å². The maximum Gasteiger partial charge on any atom is 0.146 e. The van der Waals surface area contributed by atoms with Gasteiger partial charge in [0.25, 0.3) is 0 Å². The first-order valence-corrected chi connectivity index (χ1v) is 7.81. The molecule has 2 N–H and O–H groups in total. The van der Waals surface area contributed by atoms with Gasteiger partial charge in [-0.15, -0.1) is 11.3 Å². The molecule has 0 saturated carbocycles. The van der Waals surface area contributed by atoms with Gasteiger partial charge in [0.2, 0.25) is 0 Å². The summed E-state index contributed by atoms with van der Waals surface area (Å²) in [7, 11) is 0. The summed E-state index contributed by atoms with van der Waals surface area (Å²) in [5, 5.41) is 10.1. The number of anilines is 1. The Morgan fingerprint density at radius 3 is 3.30 bits per heavy atom. The average Bonchev–Trinajstić information content (AvgIpc) is 3.02. The third-order valence-electron chi connectivity index (χ3n) is 3.40. The summed E-state index contributed by atoms with van der Waals surface area (Å²) >= 11 is 1.71. The largest absolute Gasteiger partial charge is 0.489 e. The van der Waals surface area contributed by atoms with Crippen LogP contribution in [0.4, 0.5) is 5.69 Å². The Morgan fingerprint density at radius 2 is 2.45 bits per heavy atom. The zero-order chi connectivity index (χ0) is 13.8. The van der Waals surface area contributed by atoms with Crippen LogP contribution in [0.1, 0.15) is 23.4 Å². The first-order chi connectivity index (χ1) is 9.84. The second kappa shape index (κ2) is 6.24. The molecule has 106 valence electrons. The normalized spacial score (nSPS) is 15.1. The maximum atomic E-state index is 5.77. The molecule has 0 amide bonds. The van der Waals surface area contributed by atoms with Crippen LogP contribution in [0, 0.1) is 0 Å². The lowest BCUT2D eigenvalue weighted by molar-refractivity contribution is 0.319. The fourth-order valence-electron chi connectivity index (χ4n) is 2.36. The van der Waals surface area contributed by atoms with Crippen LogP contribution in [0.3, 0.4) is 0 Å². The number of hydrogen-bond acceptors (Lipinski definition) is 5. The highest BCUT2D eigenvalue weighted by atomic mass is 32.1. The summed E-state index contributed by atoms with van der Waals surface area (Å²) in [6.07, 6.45) is 1.86. The van der Waals surface area contributed by atoms with Crippen LogP contribution in [-0.4, -0.2) is 24.7 Å². The summed E-state index contributed by atoms with van der Waals surface area (Å²) in [4.78, 5) is 4.36. The molecule has 1 aliphatic rings. The van der Waals surface area contributed by atoms with Crippen molar-refractivity contribution in [2.75, 3.05) is 25.0 Å². The molecule has 1 aromatic carbocycles. The summed E-state index contributed by atoms with van der Waals surface area (Å²) < 4.78 is 5.77. The number of nitrogens with one attached hydrogen (secondary N) is 2. The first-order valence-electron chi connectivity index (χ1n) is 6.93. The maximum absolute atomic E-state index is 5.77. The summed E-state index contributed by atoms with van der Waals surface area (Å²) in [6.45, 7) is 5.56. The van der Waals surface area contributed by atoms with E-state index < -0.39 is 0 Å². The lowest BCUT2D eigenvalue weighted by Gasteiger charge is -2.22. The van der Waals surface area contributed by atoms with Crippen molar-refractivity contribution in [3.8, 4) is 5.75 Å². The van der Waals surface area contributed by atoms with Crippen molar-refractivity contribution in [1.29, 1.82) is 0 Å². The van der Waals surface area contributed by atoms with Crippen molar-refractivity contribution in [2.24, 2.45) is 0 Å². The minimum atomic E-state index is 0.439. The Balaban J connectivity index is 1.59. The molecule has 0 saturated heterocycles. The van der Waals surface area contributed by atoms with E-state index in [-0.39, 0.29) is 0 Å². The molecule has 0 aliphatic carbocycles. The van der Waals surface area contributed by atoms with Gasteiger partial charge in [0, 0.05) is 42.7 Å². The topological polar surface area (TPSA) is 46.2 Å². The fourth-order valence-corrected chi connectivity index (χ4v) is 3.06. The molecule has 3 rings (SSSR count). The van der Waals surface area contributed by atoms with Gasteiger partial charge in [-0.25, -0.2) is 4.98 Å². The van der Waals surface area contributed by atoms with Crippen LogP contribution in [0.15, 0.2) is 29.8 Å².